The first-order valence-electron chi connectivity index (χ1n) is 6.31. The van der Waals surface area contributed by atoms with E-state index in [4.69, 9.17) is 5.11 Å². The Morgan fingerprint density at radius 1 is 1.28 bits per heavy atom. The Bertz CT molecular complexity index is 422. The zero-order chi connectivity index (χ0) is 13.4. The van der Waals surface area contributed by atoms with Gasteiger partial charge in [0.15, 0.2) is 0 Å². The average molecular weight is 248 g/mol. The molecule has 1 rings (SSSR count). The van der Waals surface area contributed by atoms with E-state index in [0.717, 1.165) is 42.4 Å². The summed E-state index contributed by atoms with van der Waals surface area (Å²) < 4.78 is 0. The zero-order valence-electron chi connectivity index (χ0n) is 10.7. The van der Waals surface area contributed by atoms with Crippen molar-refractivity contribution < 1.29 is 15.0 Å². The summed E-state index contributed by atoms with van der Waals surface area (Å²) in [4.78, 5) is 10.9. The lowest BCUT2D eigenvalue weighted by atomic mass is 9.95. The average Bonchev–Trinajstić information content (AvgIpc) is 2.37. The van der Waals surface area contributed by atoms with Crippen LogP contribution in [0.1, 0.15) is 43.7 Å². The highest BCUT2D eigenvalue weighted by Gasteiger charge is 2.08. The standard InChI is InChI=1S/C15H20O3/c1-2-3-4-7-12(10-15(17)18)14-9-6-5-8-13(14)11-16/h5-6,8-10,16H,2-4,7,11H2,1H3,(H,17,18)/b12-10-. The summed E-state index contributed by atoms with van der Waals surface area (Å²) in [5.74, 6) is -0.936. The van der Waals surface area contributed by atoms with E-state index in [9.17, 15) is 9.90 Å². The second-order valence-corrected chi connectivity index (χ2v) is 4.28. The maximum Gasteiger partial charge on any atom is 0.328 e. The first-order valence-corrected chi connectivity index (χ1v) is 6.31. The summed E-state index contributed by atoms with van der Waals surface area (Å²) >= 11 is 0. The van der Waals surface area contributed by atoms with E-state index in [1.165, 1.54) is 6.08 Å². The van der Waals surface area contributed by atoms with E-state index in [1.807, 2.05) is 24.3 Å². The summed E-state index contributed by atoms with van der Waals surface area (Å²) in [7, 11) is 0. The van der Waals surface area contributed by atoms with Crippen LogP contribution in [-0.4, -0.2) is 16.2 Å². The predicted molar refractivity (Wildman–Crippen MR) is 72.1 cm³/mol. The number of aliphatic hydroxyl groups excluding tert-OH is 1. The highest BCUT2D eigenvalue weighted by Crippen LogP contribution is 2.24. The lowest BCUT2D eigenvalue weighted by molar-refractivity contribution is -0.131. The van der Waals surface area contributed by atoms with E-state index < -0.39 is 5.97 Å². The van der Waals surface area contributed by atoms with Gasteiger partial charge in [0.05, 0.1) is 6.61 Å². The van der Waals surface area contributed by atoms with Crippen LogP contribution in [0.3, 0.4) is 0 Å². The zero-order valence-corrected chi connectivity index (χ0v) is 10.7. The van der Waals surface area contributed by atoms with Crippen LogP contribution in [0.25, 0.3) is 5.57 Å². The third-order valence-corrected chi connectivity index (χ3v) is 2.88. The number of carbonyl (C=O) groups is 1. The molecule has 0 fully saturated rings. The van der Waals surface area contributed by atoms with Crippen LogP contribution >= 0.6 is 0 Å². The number of hydrogen-bond donors (Lipinski definition) is 2. The molecule has 0 saturated heterocycles. The molecule has 1 aromatic rings. The smallest absolute Gasteiger partial charge is 0.328 e. The van der Waals surface area contributed by atoms with E-state index in [1.54, 1.807) is 0 Å². The fraction of sp³-hybridized carbons (Fsp3) is 0.400. The molecule has 0 aliphatic carbocycles. The Morgan fingerprint density at radius 3 is 2.61 bits per heavy atom. The fourth-order valence-corrected chi connectivity index (χ4v) is 1.97. The summed E-state index contributed by atoms with van der Waals surface area (Å²) in [6.45, 7) is 2.04. The van der Waals surface area contributed by atoms with E-state index >= 15 is 0 Å². The van der Waals surface area contributed by atoms with Gasteiger partial charge >= 0.3 is 5.97 Å². The van der Waals surface area contributed by atoms with Crippen molar-refractivity contribution in [3.8, 4) is 0 Å². The molecule has 0 radical (unpaired) electrons. The van der Waals surface area contributed by atoms with Gasteiger partial charge in [-0.1, -0.05) is 44.0 Å². The number of hydrogen-bond acceptors (Lipinski definition) is 2. The molecule has 3 heteroatoms. The van der Waals surface area contributed by atoms with Crippen LogP contribution in [-0.2, 0) is 11.4 Å². The molecule has 3 nitrogen and oxygen atoms in total. The molecule has 0 aromatic heterocycles. The van der Waals surface area contributed by atoms with Gasteiger partial charge in [-0.2, -0.15) is 0 Å². The molecular weight excluding hydrogens is 228 g/mol. The van der Waals surface area contributed by atoms with Gasteiger partial charge in [-0.05, 0) is 29.5 Å². The summed E-state index contributed by atoms with van der Waals surface area (Å²) in [5, 5.41) is 18.2. The third-order valence-electron chi connectivity index (χ3n) is 2.88. The van der Waals surface area contributed by atoms with Crippen molar-refractivity contribution in [2.45, 2.75) is 39.2 Å². The molecule has 98 valence electrons. The maximum atomic E-state index is 10.9. The summed E-state index contributed by atoms with van der Waals surface area (Å²) in [5.41, 5.74) is 2.42. The van der Waals surface area contributed by atoms with E-state index in [-0.39, 0.29) is 6.61 Å². The molecule has 1 aromatic carbocycles. The lowest BCUT2D eigenvalue weighted by Gasteiger charge is -2.11. The largest absolute Gasteiger partial charge is 0.478 e. The molecule has 0 aliphatic heterocycles. The van der Waals surface area contributed by atoms with Crippen molar-refractivity contribution in [2.75, 3.05) is 0 Å². The minimum Gasteiger partial charge on any atom is -0.478 e. The molecule has 0 spiro atoms. The molecule has 2 N–H and O–H groups in total. The van der Waals surface area contributed by atoms with Gasteiger partial charge in [0.25, 0.3) is 0 Å². The van der Waals surface area contributed by atoms with Gasteiger partial charge in [0.2, 0.25) is 0 Å². The van der Waals surface area contributed by atoms with Gasteiger partial charge in [-0.15, -0.1) is 0 Å². The second kappa shape index (κ2) is 7.67. The molecule has 0 saturated carbocycles. The van der Waals surface area contributed by atoms with Crippen molar-refractivity contribution in [2.24, 2.45) is 0 Å². The maximum absolute atomic E-state index is 10.9. The first-order chi connectivity index (χ1) is 8.69. The minimum atomic E-state index is -0.936. The van der Waals surface area contributed by atoms with Crippen LogP contribution in [0.15, 0.2) is 30.3 Å². The van der Waals surface area contributed by atoms with Crippen molar-refractivity contribution in [3.05, 3.63) is 41.5 Å². The molecule has 0 atom stereocenters. The number of allylic oxidation sites excluding steroid dienone is 1. The number of aliphatic carboxylic acids is 1. The second-order valence-electron chi connectivity index (χ2n) is 4.28. The monoisotopic (exact) mass is 248 g/mol. The van der Waals surface area contributed by atoms with Crippen LogP contribution < -0.4 is 0 Å². The Kier molecular flexibility index (Phi) is 6.15. The Balaban J connectivity index is 2.98. The van der Waals surface area contributed by atoms with Crippen LogP contribution in [0.4, 0.5) is 0 Å². The normalized spacial score (nSPS) is 11.6. The van der Waals surface area contributed by atoms with Gasteiger partial charge in [-0.3, -0.25) is 0 Å². The number of benzene rings is 1. The molecule has 18 heavy (non-hydrogen) atoms. The first kappa shape index (κ1) is 14.5. The Labute approximate surface area is 108 Å². The summed E-state index contributed by atoms with van der Waals surface area (Å²) in [6.07, 6.45) is 5.14. The number of aliphatic hydroxyl groups is 1. The molecule has 0 heterocycles. The molecule has 0 aliphatic rings. The van der Waals surface area contributed by atoms with Gasteiger partial charge in [0, 0.05) is 6.08 Å². The topological polar surface area (TPSA) is 57.5 Å². The van der Waals surface area contributed by atoms with E-state index in [2.05, 4.69) is 6.92 Å². The SMILES string of the molecule is CCCCC/C(=C/C(=O)O)c1ccccc1CO. The lowest BCUT2D eigenvalue weighted by Crippen LogP contribution is -1.97. The third kappa shape index (κ3) is 4.34. The number of carboxylic acid groups (broad SMARTS) is 1. The minimum absolute atomic E-state index is 0.0685. The molecule has 0 bridgehead atoms. The van der Waals surface area contributed by atoms with Crippen molar-refractivity contribution >= 4 is 11.5 Å². The van der Waals surface area contributed by atoms with Gasteiger partial charge in [0.1, 0.15) is 0 Å². The highest BCUT2D eigenvalue weighted by molar-refractivity contribution is 5.90. The van der Waals surface area contributed by atoms with Crippen molar-refractivity contribution in [1.29, 1.82) is 0 Å². The quantitative estimate of drug-likeness (QED) is 0.575. The molecular formula is C15H20O3. The van der Waals surface area contributed by atoms with Gasteiger partial charge < -0.3 is 10.2 Å². The van der Waals surface area contributed by atoms with Crippen molar-refractivity contribution in [1.82, 2.24) is 0 Å². The van der Waals surface area contributed by atoms with Crippen LogP contribution in [0.2, 0.25) is 0 Å². The summed E-state index contributed by atoms with van der Waals surface area (Å²) in [6, 6.07) is 7.40. The number of unbranched alkanes of at least 4 members (excludes halogenated alkanes) is 2. The fourth-order valence-electron chi connectivity index (χ4n) is 1.97. The van der Waals surface area contributed by atoms with E-state index in [0.29, 0.717) is 0 Å². The Hall–Kier alpha value is -1.61. The van der Waals surface area contributed by atoms with Gasteiger partial charge in [-0.25, -0.2) is 4.79 Å². The van der Waals surface area contributed by atoms with Crippen LogP contribution in [0, 0.1) is 0 Å². The number of rotatable bonds is 7. The Morgan fingerprint density at radius 2 is 2.00 bits per heavy atom. The van der Waals surface area contributed by atoms with Crippen LogP contribution in [0.5, 0.6) is 0 Å². The number of carboxylic acids is 1. The van der Waals surface area contributed by atoms with Crippen molar-refractivity contribution in [3.63, 3.8) is 0 Å². The highest BCUT2D eigenvalue weighted by atomic mass is 16.4. The molecule has 0 unspecified atom stereocenters. The molecule has 0 amide bonds. The predicted octanol–water partition coefficient (Wildman–Crippen LogP) is 3.23.